The fourth-order valence-electron chi connectivity index (χ4n) is 3.48. The van der Waals surface area contributed by atoms with Crippen LogP contribution >= 0.6 is 24.0 Å². The van der Waals surface area contributed by atoms with Gasteiger partial charge < -0.3 is 24.8 Å². The van der Waals surface area contributed by atoms with Gasteiger partial charge in [-0.25, -0.2) is 0 Å². The topological polar surface area (TPSA) is 67.4 Å². The molecular weight excluding hydrogens is 483 g/mol. The molecule has 7 nitrogen and oxygen atoms in total. The number of rotatable bonds is 7. The molecule has 2 unspecified atom stereocenters. The van der Waals surface area contributed by atoms with Crippen LogP contribution in [0.25, 0.3) is 0 Å². The zero-order valence-electron chi connectivity index (χ0n) is 18.7. The highest BCUT2D eigenvalue weighted by Gasteiger charge is 2.33. The molecule has 1 aromatic carbocycles. The van der Waals surface area contributed by atoms with E-state index in [2.05, 4.69) is 48.2 Å². The van der Waals surface area contributed by atoms with Crippen LogP contribution in [0.4, 0.5) is 0 Å². The Morgan fingerprint density at radius 2 is 1.83 bits per heavy atom. The van der Waals surface area contributed by atoms with Gasteiger partial charge in [-0.2, -0.15) is 0 Å². The predicted octanol–water partition coefficient (Wildman–Crippen LogP) is 2.87. The number of ether oxygens (including phenoxy) is 3. The van der Waals surface area contributed by atoms with Crippen LogP contribution < -0.4 is 20.1 Å². The summed E-state index contributed by atoms with van der Waals surface area (Å²) in [5, 5.41) is 6.82. The maximum Gasteiger partial charge on any atom is 0.191 e. The van der Waals surface area contributed by atoms with E-state index in [1.807, 2.05) is 18.2 Å². The molecule has 0 aromatic heterocycles. The van der Waals surface area contributed by atoms with Gasteiger partial charge in [0.2, 0.25) is 0 Å². The van der Waals surface area contributed by atoms with Gasteiger partial charge >= 0.3 is 0 Å². The van der Waals surface area contributed by atoms with Crippen LogP contribution in [0, 0.1) is 0 Å². The van der Waals surface area contributed by atoms with Gasteiger partial charge in [0.05, 0.1) is 26.4 Å². The minimum absolute atomic E-state index is 0. The van der Waals surface area contributed by atoms with Crippen molar-refractivity contribution in [3.63, 3.8) is 0 Å². The first-order chi connectivity index (χ1) is 13.3. The number of nitrogens with one attached hydrogen (secondary N) is 2. The smallest absolute Gasteiger partial charge is 0.191 e. The Kier molecular flexibility index (Phi) is 10.5. The van der Waals surface area contributed by atoms with Crippen LogP contribution in [-0.2, 0) is 11.3 Å². The number of nitrogens with zero attached hydrogens (tertiary/aromatic N) is 2. The van der Waals surface area contributed by atoms with Crippen LogP contribution in [0.3, 0.4) is 0 Å². The molecule has 2 rings (SSSR count). The number of methoxy groups -OCH3 is 2. The van der Waals surface area contributed by atoms with Gasteiger partial charge in [-0.1, -0.05) is 0 Å². The lowest BCUT2D eigenvalue weighted by molar-refractivity contribution is -0.0946. The fourth-order valence-corrected chi connectivity index (χ4v) is 3.48. The van der Waals surface area contributed by atoms with Crippen LogP contribution in [0.15, 0.2) is 23.2 Å². The zero-order chi connectivity index (χ0) is 20.7. The first kappa shape index (κ1) is 25.8. The van der Waals surface area contributed by atoms with E-state index in [-0.39, 0.29) is 41.7 Å². The highest BCUT2D eigenvalue weighted by molar-refractivity contribution is 14.0. The summed E-state index contributed by atoms with van der Waals surface area (Å²) in [6, 6.07) is 5.81. The average molecular weight is 520 g/mol. The van der Waals surface area contributed by atoms with E-state index in [0.717, 1.165) is 42.7 Å². The number of halogens is 1. The van der Waals surface area contributed by atoms with E-state index >= 15 is 0 Å². The third-order valence-electron chi connectivity index (χ3n) is 5.13. The van der Waals surface area contributed by atoms with Gasteiger partial charge in [0.1, 0.15) is 11.5 Å². The van der Waals surface area contributed by atoms with E-state index in [4.69, 9.17) is 14.2 Å². The molecule has 0 aliphatic carbocycles. The Balaban J connectivity index is 0.00000420. The van der Waals surface area contributed by atoms with Crippen molar-refractivity contribution in [3.8, 4) is 11.5 Å². The average Bonchev–Trinajstić information content (AvgIpc) is 2.67. The molecule has 0 amide bonds. The van der Waals surface area contributed by atoms with Crippen molar-refractivity contribution in [1.29, 1.82) is 0 Å². The monoisotopic (exact) mass is 520 g/mol. The minimum atomic E-state index is -0.0122. The standard InChI is InChI=1S/C21H36N4O3.HI/c1-15-12-25(13-16(2)28-15)21(3,4)14-24-20(22-5)23-11-17-8-9-18(26-6)10-19(17)27-7;/h8-10,15-16H,11-14H2,1-7H3,(H2,22,23,24);1H. The molecule has 1 aliphatic rings. The van der Waals surface area contributed by atoms with Crippen molar-refractivity contribution in [2.45, 2.75) is 52.0 Å². The van der Waals surface area contributed by atoms with Crippen molar-refractivity contribution in [2.75, 3.05) is 40.9 Å². The largest absolute Gasteiger partial charge is 0.497 e. The van der Waals surface area contributed by atoms with Crippen LogP contribution in [0.1, 0.15) is 33.3 Å². The number of aliphatic imine (C=N–C) groups is 1. The SMILES string of the molecule is CN=C(NCc1ccc(OC)cc1OC)NCC(C)(C)N1CC(C)OC(C)C1.I. The third kappa shape index (κ3) is 7.49. The summed E-state index contributed by atoms with van der Waals surface area (Å²) in [5.74, 6) is 2.33. The van der Waals surface area contributed by atoms with Gasteiger partial charge in [0.15, 0.2) is 5.96 Å². The van der Waals surface area contributed by atoms with E-state index in [1.165, 1.54) is 0 Å². The Hall–Kier alpha value is -1.26. The van der Waals surface area contributed by atoms with Gasteiger partial charge in [-0.05, 0) is 39.8 Å². The minimum Gasteiger partial charge on any atom is -0.497 e. The Bertz CT molecular complexity index is 659. The van der Waals surface area contributed by atoms with Crippen LogP contribution in [-0.4, -0.2) is 69.5 Å². The second-order valence-corrected chi connectivity index (χ2v) is 7.93. The van der Waals surface area contributed by atoms with E-state index in [1.54, 1.807) is 21.3 Å². The van der Waals surface area contributed by atoms with Crippen LogP contribution in [0.5, 0.6) is 11.5 Å². The van der Waals surface area contributed by atoms with Crippen molar-refractivity contribution in [3.05, 3.63) is 23.8 Å². The predicted molar refractivity (Wildman–Crippen MR) is 129 cm³/mol. The summed E-state index contributed by atoms with van der Waals surface area (Å²) in [4.78, 5) is 6.84. The van der Waals surface area contributed by atoms with Gasteiger partial charge in [0, 0.05) is 50.4 Å². The molecule has 0 radical (unpaired) electrons. The van der Waals surface area contributed by atoms with Gasteiger partial charge in [0.25, 0.3) is 0 Å². The molecule has 2 atom stereocenters. The number of benzene rings is 1. The highest BCUT2D eigenvalue weighted by atomic mass is 127. The molecule has 2 N–H and O–H groups in total. The summed E-state index contributed by atoms with van der Waals surface area (Å²) in [7, 11) is 5.10. The normalized spacial score (nSPS) is 20.6. The number of morpholine rings is 1. The van der Waals surface area contributed by atoms with E-state index < -0.39 is 0 Å². The van der Waals surface area contributed by atoms with Crippen molar-refractivity contribution in [2.24, 2.45) is 4.99 Å². The van der Waals surface area contributed by atoms with Gasteiger partial charge in [-0.15, -0.1) is 24.0 Å². The number of guanidine groups is 1. The molecule has 0 saturated carbocycles. The third-order valence-corrected chi connectivity index (χ3v) is 5.13. The van der Waals surface area contributed by atoms with Crippen LogP contribution in [0.2, 0.25) is 0 Å². The summed E-state index contributed by atoms with van der Waals surface area (Å²) >= 11 is 0. The molecule has 1 saturated heterocycles. The first-order valence-electron chi connectivity index (χ1n) is 9.85. The number of hydrogen-bond acceptors (Lipinski definition) is 5. The summed E-state index contributed by atoms with van der Waals surface area (Å²) < 4.78 is 16.6. The summed E-state index contributed by atoms with van der Waals surface area (Å²) in [5.41, 5.74) is 1.03. The Morgan fingerprint density at radius 3 is 2.38 bits per heavy atom. The van der Waals surface area contributed by atoms with Crippen molar-refractivity contribution < 1.29 is 14.2 Å². The second kappa shape index (κ2) is 11.8. The summed E-state index contributed by atoms with van der Waals surface area (Å²) in [6.07, 6.45) is 0.506. The lowest BCUT2D eigenvalue weighted by atomic mass is 10.00. The van der Waals surface area contributed by atoms with Gasteiger partial charge in [-0.3, -0.25) is 9.89 Å². The molecule has 1 aliphatic heterocycles. The molecule has 1 fully saturated rings. The summed E-state index contributed by atoms with van der Waals surface area (Å²) in [6.45, 7) is 12.0. The lowest BCUT2D eigenvalue weighted by Gasteiger charge is -2.45. The molecule has 0 bridgehead atoms. The number of hydrogen-bond donors (Lipinski definition) is 2. The molecule has 0 spiro atoms. The van der Waals surface area contributed by atoms with Crippen molar-refractivity contribution in [1.82, 2.24) is 15.5 Å². The molecule has 29 heavy (non-hydrogen) atoms. The molecular formula is C21H37IN4O3. The first-order valence-corrected chi connectivity index (χ1v) is 9.85. The maximum absolute atomic E-state index is 5.87. The maximum atomic E-state index is 5.87. The fraction of sp³-hybridized carbons (Fsp3) is 0.667. The van der Waals surface area contributed by atoms with E-state index in [9.17, 15) is 0 Å². The zero-order valence-corrected chi connectivity index (χ0v) is 21.1. The Labute approximate surface area is 192 Å². The van der Waals surface area contributed by atoms with Crippen molar-refractivity contribution >= 4 is 29.9 Å². The Morgan fingerprint density at radius 1 is 1.17 bits per heavy atom. The molecule has 166 valence electrons. The molecule has 8 heteroatoms. The quantitative estimate of drug-likeness (QED) is 0.328. The molecule has 1 aromatic rings. The molecule has 1 heterocycles. The van der Waals surface area contributed by atoms with E-state index in [0.29, 0.717) is 6.54 Å². The second-order valence-electron chi connectivity index (χ2n) is 7.93. The highest BCUT2D eigenvalue weighted by Crippen LogP contribution is 2.24. The lowest BCUT2D eigenvalue weighted by Crippen LogP contribution is -2.59.